The zero-order valence-electron chi connectivity index (χ0n) is 14.2. The number of rotatable bonds is 6. The highest BCUT2D eigenvalue weighted by atomic mass is 19.1. The Balaban J connectivity index is 1.66. The molecule has 0 radical (unpaired) electrons. The number of hydrogen-bond acceptors (Lipinski definition) is 5. The summed E-state index contributed by atoms with van der Waals surface area (Å²) in [6, 6.07) is 8.14. The smallest absolute Gasteiger partial charge is 0.256 e. The zero-order valence-corrected chi connectivity index (χ0v) is 14.2. The molecule has 1 aliphatic rings. The van der Waals surface area contributed by atoms with E-state index in [1.807, 2.05) is 11.9 Å². The van der Waals surface area contributed by atoms with E-state index >= 15 is 0 Å². The van der Waals surface area contributed by atoms with E-state index in [2.05, 4.69) is 5.16 Å². The number of nitrogens with zero attached hydrogens (tertiary/aromatic N) is 3. The molecule has 2 aromatic rings. The number of likely N-dealkylation sites (N-methyl/N-ethyl adjacent to an activating group) is 1. The molecule has 1 aliphatic heterocycles. The van der Waals surface area contributed by atoms with E-state index in [4.69, 9.17) is 4.52 Å². The predicted octanol–water partition coefficient (Wildman–Crippen LogP) is 1.80. The third kappa shape index (κ3) is 4.05. The second kappa shape index (κ2) is 7.33. The van der Waals surface area contributed by atoms with Crippen LogP contribution in [0.3, 0.4) is 0 Å². The summed E-state index contributed by atoms with van der Waals surface area (Å²) in [7, 11) is 1.81. The fraction of sp³-hybridized carbons (Fsp3) is 0.444. The predicted molar refractivity (Wildman–Crippen MR) is 88.8 cm³/mol. The van der Waals surface area contributed by atoms with Gasteiger partial charge in [0.2, 0.25) is 0 Å². The van der Waals surface area contributed by atoms with Gasteiger partial charge in [-0.2, -0.15) is 0 Å². The Bertz CT molecular complexity index is 722. The first kappa shape index (κ1) is 17.6. The highest BCUT2D eigenvalue weighted by molar-refractivity contribution is 5.86. The molecule has 1 N–H and O–H groups in total. The number of likely N-dealkylation sites (tertiary alicyclic amines) is 1. The van der Waals surface area contributed by atoms with E-state index in [0.717, 1.165) is 0 Å². The Morgan fingerprint density at radius 1 is 1.40 bits per heavy atom. The Labute approximate surface area is 145 Å². The van der Waals surface area contributed by atoms with Crippen LogP contribution in [0, 0.1) is 5.82 Å². The average Bonchev–Trinajstić information content (AvgIpc) is 3.06. The second-order valence-corrected chi connectivity index (χ2v) is 6.60. The molecule has 2 heterocycles. The summed E-state index contributed by atoms with van der Waals surface area (Å²) >= 11 is 0. The number of aromatic nitrogens is 1. The van der Waals surface area contributed by atoms with Crippen LogP contribution in [0.25, 0.3) is 0 Å². The highest BCUT2D eigenvalue weighted by Gasteiger charge is 2.43. The highest BCUT2D eigenvalue weighted by Crippen LogP contribution is 2.26. The SMILES string of the molecule is CN(Cc1ccno1)C[C@]1(O)CCCN(Cc2ccccc2F)C1=O. The number of benzene rings is 1. The first-order chi connectivity index (χ1) is 12.0. The molecule has 0 bridgehead atoms. The van der Waals surface area contributed by atoms with Gasteiger partial charge in [-0.25, -0.2) is 4.39 Å². The molecule has 7 heteroatoms. The minimum atomic E-state index is -1.47. The minimum Gasteiger partial charge on any atom is -0.379 e. The van der Waals surface area contributed by atoms with Gasteiger partial charge in [-0.15, -0.1) is 0 Å². The number of carbonyl (C=O) groups is 1. The van der Waals surface area contributed by atoms with Gasteiger partial charge in [0, 0.05) is 31.3 Å². The molecule has 0 unspecified atom stereocenters. The van der Waals surface area contributed by atoms with Crippen LogP contribution in [0.5, 0.6) is 0 Å². The molecule has 1 saturated heterocycles. The maximum atomic E-state index is 13.9. The standard InChI is InChI=1S/C18H22FN3O3/c1-21(12-15-7-9-20-25-15)13-18(24)8-4-10-22(17(18)23)11-14-5-2-3-6-16(14)19/h2-3,5-7,9,24H,4,8,10-13H2,1H3/t18-/m1/s1. The lowest BCUT2D eigenvalue weighted by atomic mass is 9.90. The number of amides is 1. The van der Waals surface area contributed by atoms with Crippen LogP contribution < -0.4 is 0 Å². The van der Waals surface area contributed by atoms with E-state index in [1.165, 1.54) is 11.0 Å². The van der Waals surface area contributed by atoms with Crippen molar-refractivity contribution in [2.75, 3.05) is 20.1 Å². The van der Waals surface area contributed by atoms with E-state index in [0.29, 0.717) is 37.3 Å². The maximum Gasteiger partial charge on any atom is 0.256 e. The molecule has 3 rings (SSSR count). The molecule has 6 nitrogen and oxygen atoms in total. The van der Waals surface area contributed by atoms with Crippen molar-refractivity contribution in [2.45, 2.75) is 31.5 Å². The lowest BCUT2D eigenvalue weighted by molar-refractivity contribution is -0.160. The van der Waals surface area contributed by atoms with E-state index in [9.17, 15) is 14.3 Å². The van der Waals surface area contributed by atoms with Gasteiger partial charge in [-0.3, -0.25) is 9.69 Å². The van der Waals surface area contributed by atoms with E-state index < -0.39 is 5.60 Å². The van der Waals surface area contributed by atoms with Crippen molar-refractivity contribution in [1.82, 2.24) is 15.0 Å². The summed E-state index contributed by atoms with van der Waals surface area (Å²) in [6.07, 6.45) is 2.62. The topological polar surface area (TPSA) is 69.8 Å². The van der Waals surface area contributed by atoms with E-state index in [1.54, 1.807) is 30.5 Å². The quantitative estimate of drug-likeness (QED) is 0.863. The fourth-order valence-electron chi connectivity index (χ4n) is 3.29. The van der Waals surface area contributed by atoms with Gasteiger partial charge in [0.05, 0.1) is 12.7 Å². The first-order valence-electron chi connectivity index (χ1n) is 8.31. The summed E-state index contributed by atoms with van der Waals surface area (Å²) in [5, 5.41) is 14.5. The molecule has 0 aliphatic carbocycles. The van der Waals surface area contributed by atoms with Crippen LogP contribution in [0.2, 0.25) is 0 Å². The van der Waals surface area contributed by atoms with Crippen molar-refractivity contribution in [3.63, 3.8) is 0 Å². The van der Waals surface area contributed by atoms with Crippen LogP contribution in [0.1, 0.15) is 24.2 Å². The largest absolute Gasteiger partial charge is 0.379 e. The second-order valence-electron chi connectivity index (χ2n) is 6.60. The molecule has 0 spiro atoms. The number of piperidine rings is 1. The Hall–Kier alpha value is -2.25. The third-order valence-electron chi connectivity index (χ3n) is 4.47. The van der Waals surface area contributed by atoms with Crippen molar-refractivity contribution in [3.8, 4) is 0 Å². The van der Waals surface area contributed by atoms with Gasteiger partial charge in [0.15, 0.2) is 11.4 Å². The molecule has 1 amide bonds. The first-order valence-corrected chi connectivity index (χ1v) is 8.31. The average molecular weight is 347 g/mol. The van der Waals surface area contributed by atoms with E-state index in [-0.39, 0.29) is 24.8 Å². The van der Waals surface area contributed by atoms with Gasteiger partial charge < -0.3 is 14.5 Å². The molecule has 0 saturated carbocycles. The molecule has 25 heavy (non-hydrogen) atoms. The normalized spacial score (nSPS) is 21.1. The van der Waals surface area contributed by atoms with Crippen molar-refractivity contribution in [1.29, 1.82) is 0 Å². The van der Waals surface area contributed by atoms with Crippen LogP contribution in [0.15, 0.2) is 41.1 Å². The van der Waals surface area contributed by atoms with Crippen LogP contribution in [-0.2, 0) is 17.9 Å². The third-order valence-corrected chi connectivity index (χ3v) is 4.47. The Morgan fingerprint density at radius 3 is 2.92 bits per heavy atom. The number of hydrogen-bond donors (Lipinski definition) is 1. The Kier molecular flexibility index (Phi) is 5.15. The van der Waals surface area contributed by atoms with Crippen LogP contribution in [0.4, 0.5) is 4.39 Å². The maximum absolute atomic E-state index is 13.9. The van der Waals surface area contributed by atoms with Gasteiger partial charge in [-0.05, 0) is 26.0 Å². The summed E-state index contributed by atoms with van der Waals surface area (Å²) < 4.78 is 18.9. The summed E-state index contributed by atoms with van der Waals surface area (Å²) in [5.41, 5.74) is -1.02. The van der Waals surface area contributed by atoms with Crippen LogP contribution in [-0.4, -0.2) is 51.7 Å². The minimum absolute atomic E-state index is 0.166. The summed E-state index contributed by atoms with van der Waals surface area (Å²) in [6.45, 7) is 1.31. The molecule has 1 fully saturated rings. The lowest BCUT2D eigenvalue weighted by Gasteiger charge is -2.40. The van der Waals surface area contributed by atoms with Crippen molar-refractivity contribution in [2.24, 2.45) is 0 Å². The number of aliphatic hydroxyl groups is 1. The van der Waals surface area contributed by atoms with Crippen molar-refractivity contribution in [3.05, 3.63) is 53.7 Å². The molecule has 1 aromatic heterocycles. The molecule has 134 valence electrons. The van der Waals surface area contributed by atoms with Crippen LogP contribution >= 0.6 is 0 Å². The van der Waals surface area contributed by atoms with Gasteiger partial charge in [0.25, 0.3) is 5.91 Å². The molecular formula is C18H22FN3O3. The molecular weight excluding hydrogens is 325 g/mol. The summed E-state index contributed by atoms with van der Waals surface area (Å²) in [5.74, 6) is -0.0316. The monoisotopic (exact) mass is 347 g/mol. The number of carbonyl (C=O) groups excluding carboxylic acids is 1. The van der Waals surface area contributed by atoms with Crippen molar-refractivity contribution >= 4 is 5.91 Å². The van der Waals surface area contributed by atoms with Gasteiger partial charge >= 0.3 is 0 Å². The lowest BCUT2D eigenvalue weighted by Crippen LogP contribution is -2.57. The van der Waals surface area contributed by atoms with Gasteiger partial charge in [-0.1, -0.05) is 23.4 Å². The summed E-state index contributed by atoms with van der Waals surface area (Å²) in [4.78, 5) is 16.1. The zero-order chi connectivity index (χ0) is 17.9. The molecule has 1 atom stereocenters. The van der Waals surface area contributed by atoms with Crippen molar-refractivity contribution < 1.29 is 18.8 Å². The number of halogens is 1. The van der Waals surface area contributed by atoms with Gasteiger partial charge in [0.1, 0.15) is 5.82 Å². The molecule has 1 aromatic carbocycles. The Morgan fingerprint density at radius 2 is 2.20 bits per heavy atom. The fourth-order valence-corrected chi connectivity index (χ4v) is 3.29.